The van der Waals surface area contributed by atoms with Crippen molar-refractivity contribution in [2.45, 2.75) is 13.5 Å². The molecule has 2 aliphatic heterocycles. The van der Waals surface area contributed by atoms with Crippen molar-refractivity contribution in [3.8, 4) is 11.5 Å². The lowest BCUT2D eigenvalue weighted by Crippen LogP contribution is -2.09. The molecule has 2 heterocycles. The number of azo groups is 1. The first-order valence-electron chi connectivity index (χ1n) is 5.37. The van der Waals surface area contributed by atoms with Crippen LogP contribution in [0.2, 0.25) is 0 Å². The van der Waals surface area contributed by atoms with Crippen molar-refractivity contribution in [3.63, 3.8) is 0 Å². The number of methoxy groups -OCH3 is 1. The van der Waals surface area contributed by atoms with Crippen LogP contribution in [0.3, 0.4) is 0 Å². The monoisotopic (exact) mass is 228 g/mol. The lowest BCUT2D eigenvalue weighted by Gasteiger charge is -2.24. The highest BCUT2D eigenvalue weighted by Gasteiger charge is 2.27. The van der Waals surface area contributed by atoms with Gasteiger partial charge in [-0.1, -0.05) is 6.58 Å². The highest BCUT2D eigenvalue weighted by atomic mass is 16.5. The molecule has 4 nitrogen and oxygen atoms in total. The van der Waals surface area contributed by atoms with Gasteiger partial charge in [-0.3, -0.25) is 0 Å². The minimum atomic E-state index is 0.559. The fourth-order valence-electron chi connectivity index (χ4n) is 2.25. The van der Waals surface area contributed by atoms with E-state index in [1.165, 1.54) is 0 Å². The summed E-state index contributed by atoms with van der Waals surface area (Å²) < 4.78 is 11.1. The molecular weight excluding hydrogens is 216 g/mol. The summed E-state index contributed by atoms with van der Waals surface area (Å²) in [6, 6.07) is 2.07. The van der Waals surface area contributed by atoms with Gasteiger partial charge in [0.1, 0.15) is 11.5 Å². The fraction of sp³-hybridized carbons (Fsp3) is 0.231. The van der Waals surface area contributed by atoms with E-state index in [0.29, 0.717) is 18.1 Å². The molecule has 0 unspecified atom stereocenters. The van der Waals surface area contributed by atoms with Crippen molar-refractivity contribution >= 4 is 5.70 Å². The molecule has 0 N–H and O–H groups in total. The van der Waals surface area contributed by atoms with Gasteiger partial charge in [-0.25, -0.2) is 0 Å². The maximum absolute atomic E-state index is 5.68. The summed E-state index contributed by atoms with van der Waals surface area (Å²) in [4.78, 5) is 0. The summed E-state index contributed by atoms with van der Waals surface area (Å²) in [7, 11) is 1.64. The first-order chi connectivity index (χ1) is 8.20. The van der Waals surface area contributed by atoms with E-state index in [1.807, 2.05) is 6.92 Å². The van der Waals surface area contributed by atoms with Crippen LogP contribution in [0.5, 0.6) is 11.5 Å². The summed E-state index contributed by atoms with van der Waals surface area (Å²) >= 11 is 0. The van der Waals surface area contributed by atoms with Gasteiger partial charge in [-0.15, -0.1) is 0 Å². The third kappa shape index (κ3) is 1.37. The van der Waals surface area contributed by atoms with Crippen LogP contribution in [0.25, 0.3) is 5.70 Å². The van der Waals surface area contributed by atoms with Gasteiger partial charge in [0.05, 0.1) is 19.2 Å². The minimum absolute atomic E-state index is 0.559. The van der Waals surface area contributed by atoms with Gasteiger partial charge >= 0.3 is 0 Å². The van der Waals surface area contributed by atoms with Gasteiger partial charge in [0.2, 0.25) is 0 Å². The molecule has 0 amide bonds. The zero-order valence-corrected chi connectivity index (χ0v) is 9.78. The molecule has 0 radical (unpaired) electrons. The number of ether oxygens (including phenoxy) is 2. The Labute approximate surface area is 99.3 Å². The first kappa shape index (κ1) is 10.1. The van der Waals surface area contributed by atoms with Gasteiger partial charge in [-0.05, 0) is 24.1 Å². The van der Waals surface area contributed by atoms with E-state index in [1.54, 1.807) is 13.2 Å². The lowest BCUT2D eigenvalue weighted by molar-refractivity contribution is 0.362. The molecule has 0 aliphatic carbocycles. The molecular formula is C13H12N2O2. The van der Waals surface area contributed by atoms with Crippen molar-refractivity contribution < 1.29 is 9.47 Å². The zero-order chi connectivity index (χ0) is 12.0. The molecule has 0 aromatic heterocycles. The van der Waals surface area contributed by atoms with Gasteiger partial charge in [0.15, 0.2) is 11.5 Å². The van der Waals surface area contributed by atoms with E-state index in [2.05, 4.69) is 22.9 Å². The Kier molecular flexibility index (Phi) is 2.04. The third-order valence-corrected chi connectivity index (χ3v) is 2.91. The van der Waals surface area contributed by atoms with Crippen molar-refractivity contribution in [1.29, 1.82) is 0 Å². The van der Waals surface area contributed by atoms with E-state index in [-0.39, 0.29) is 0 Å². The van der Waals surface area contributed by atoms with Crippen LogP contribution in [0.15, 0.2) is 34.7 Å². The Hall–Kier alpha value is -2.10. The van der Waals surface area contributed by atoms with E-state index in [0.717, 1.165) is 28.1 Å². The van der Waals surface area contributed by atoms with E-state index >= 15 is 0 Å². The molecule has 17 heavy (non-hydrogen) atoms. The van der Waals surface area contributed by atoms with Gasteiger partial charge in [0, 0.05) is 6.08 Å². The average molecular weight is 228 g/mol. The molecule has 0 bridgehead atoms. The summed E-state index contributed by atoms with van der Waals surface area (Å²) in [5, 5.41) is 8.24. The zero-order valence-electron chi connectivity index (χ0n) is 9.78. The maximum Gasteiger partial charge on any atom is 0.179 e. The molecule has 0 saturated carbocycles. The molecule has 3 rings (SSSR count). The third-order valence-electron chi connectivity index (χ3n) is 2.91. The molecule has 0 spiro atoms. The topological polar surface area (TPSA) is 43.2 Å². The molecule has 0 atom stereocenters. The number of allylic oxidation sites excluding steroid dienone is 1. The van der Waals surface area contributed by atoms with E-state index in [4.69, 9.17) is 9.47 Å². The van der Waals surface area contributed by atoms with E-state index < -0.39 is 0 Å². The van der Waals surface area contributed by atoms with Crippen LogP contribution < -0.4 is 9.47 Å². The van der Waals surface area contributed by atoms with Crippen molar-refractivity contribution in [2.75, 3.05) is 7.11 Å². The normalized spacial score (nSPS) is 16.1. The number of aryl methyl sites for hydroxylation is 1. The second-order valence-corrected chi connectivity index (χ2v) is 4.09. The summed E-state index contributed by atoms with van der Waals surface area (Å²) in [6.07, 6.45) is 1.79. The van der Waals surface area contributed by atoms with Crippen molar-refractivity contribution in [1.82, 2.24) is 0 Å². The molecule has 0 fully saturated rings. The smallest absolute Gasteiger partial charge is 0.179 e. The summed E-state index contributed by atoms with van der Waals surface area (Å²) in [5.74, 6) is 2.01. The van der Waals surface area contributed by atoms with Crippen LogP contribution in [0.1, 0.15) is 16.7 Å². The average Bonchev–Trinajstić information content (AvgIpc) is 2.28. The minimum Gasteiger partial charge on any atom is -0.493 e. The number of benzene rings is 1. The van der Waals surface area contributed by atoms with Crippen LogP contribution in [-0.2, 0) is 6.54 Å². The molecule has 2 aliphatic rings. The number of rotatable bonds is 1. The summed E-state index contributed by atoms with van der Waals surface area (Å²) in [5.41, 5.74) is 3.94. The summed E-state index contributed by atoms with van der Waals surface area (Å²) in [6.45, 7) is 6.39. The predicted molar refractivity (Wildman–Crippen MR) is 64.0 cm³/mol. The quantitative estimate of drug-likeness (QED) is 0.740. The van der Waals surface area contributed by atoms with Crippen LogP contribution in [0, 0.1) is 6.92 Å². The fourth-order valence-corrected chi connectivity index (χ4v) is 2.25. The molecule has 1 aromatic carbocycles. The van der Waals surface area contributed by atoms with Gasteiger partial charge in [0.25, 0.3) is 0 Å². The Balaban J connectivity index is 2.35. The Morgan fingerprint density at radius 2 is 2.29 bits per heavy atom. The Bertz CT molecular complexity index is 586. The van der Waals surface area contributed by atoms with Crippen molar-refractivity contribution in [3.05, 3.63) is 41.2 Å². The largest absolute Gasteiger partial charge is 0.493 e. The Morgan fingerprint density at radius 1 is 1.47 bits per heavy atom. The van der Waals surface area contributed by atoms with Crippen LogP contribution >= 0.6 is 0 Å². The van der Waals surface area contributed by atoms with Gasteiger partial charge < -0.3 is 9.47 Å². The molecule has 1 aromatic rings. The predicted octanol–water partition coefficient (Wildman–Crippen LogP) is 3.22. The number of nitrogens with zero attached hydrogens (tertiary/aromatic N) is 2. The maximum atomic E-state index is 5.68. The molecule has 0 saturated heterocycles. The molecule has 4 heteroatoms. The standard InChI is InChI=1S/C13H12N2O2/c1-7-4-9-6-14-15-10-5-8(2)17-13(11(9)10)12(7)16-3/h4-5H,2,6H2,1,3H3. The van der Waals surface area contributed by atoms with Crippen LogP contribution in [0.4, 0.5) is 0 Å². The SMILES string of the molecule is C=C1C=C2N=NCc3cc(C)c(OC)c(c32)O1. The number of hydrogen-bond acceptors (Lipinski definition) is 4. The van der Waals surface area contributed by atoms with Crippen LogP contribution in [-0.4, -0.2) is 7.11 Å². The highest BCUT2D eigenvalue weighted by Crippen LogP contribution is 2.46. The number of hydrogen-bond donors (Lipinski definition) is 0. The first-order valence-corrected chi connectivity index (χ1v) is 5.37. The Morgan fingerprint density at radius 3 is 3.06 bits per heavy atom. The lowest BCUT2D eigenvalue weighted by atomic mass is 9.97. The second-order valence-electron chi connectivity index (χ2n) is 4.09. The highest BCUT2D eigenvalue weighted by molar-refractivity contribution is 5.80. The molecule has 86 valence electrons. The van der Waals surface area contributed by atoms with E-state index in [9.17, 15) is 0 Å². The van der Waals surface area contributed by atoms with Gasteiger partial charge in [-0.2, -0.15) is 10.2 Å². The van der Waals surface area contributed by atoms with Crippen molar-refractivity contribution in [2.24, 2.45) is 10.2 Å². The second kappa shape index (κ2) is 3.45.